The molecule has 2 heterocycles. The Kier molecular flexibility index (Phi) is 2.29. The summed E-state index contributed by atoms with van der Waals surface area (Å²) < 4.78 is 6.48. The first-order chi connectivity index (χ1) is 7.24. The highest BCUT2D eigenvalue weighted by atomic mass is 16.5. The number of ether oxygens (including phenoxy) is 1. The number of carbonyl (C=O) groups is 1. The topological polar surface area (TPSA) is 69.6 Å². The molecule has 0 fully saturated rings. The van der Waals surface area contributed by atoms with Crippen molar-refractivity contribution in [2.24, 2.45) is 0 Å². The number of nitrogens with two attached hydrogens (primary N) is 1. The Balaban J connectivity index is 2.59. The maximum Gasteiger partial charge on any atom is 0.355 e. The minimum Gasteiger partial charge on any atom is -0.461 e. The highest BCUT2D eigenvalue weighted by molar-refractivity contribution is 5.89. The quantitative estimate of drug-likeness (QED) is 0.745. The molecule has 0 spiro atoms. The van der Waals surface area contributed by atoms with Gasteiger partial charge in [0.25, 0.3) is 0 Å². The number of anilines is 1. The molecule has 0 atom stereocenters. The third-order valence-corrected chi connectivity index (χ3v) is 2.04. The van der Waals surface area contributed by atoms with E-state index in [4.69, 9.17) is 10.5 Å². The van der Waals surface area contributed by atoms with Crippen molar-refractivity contribution in [3.05, 3.63) is 30.1 Å². The van der Waals surface area contributed by atoms with Crippen LogP contribution in [0, 0.1) is 0 Å². The molecule has 0 aliphatic heterocycles. The van der Waals surface area contributed by atoms with Crippen molar-refractivity contribution in [1.29, 1.82) is 0 Å². The second-order valence-corrected chi connectivity index (χ2v) is 3.01. The molecule has 5 heteroatoms. The number of hydrogen-bond acceptors (Lipinski definition) is 4. The van der Waals surface area contributed by atoms with Gasteiger partial charge < -0.3 is 10.5 Å². The Bertz CT molecular complexity index is 504. The SMILES string of the molecule is CCOC(=O)c1cccc2ncc(N)n12. The van der Waals surface area contributed by atoms with Crippen molar-refractivity contribution in [3.63, 3.8) is 0 Å². The Labute approximate surface area is 86.5 Å². The molecule has 2 aromatic rings. The number of nitrogen functional groups attached to an aromatic ring is 1. The van der Waals surface area contributed by atoms with Crippen LogP contribution in [0.25, 0.3) is 5.65 Å². The van der Waals surface area contributed by atoms with E-state index in [2.05, 4.69) is 4.98 Å². The van der Waals surface area contributed by atoms with E-state index >= 15 is 0 Å². The maximum atomic E-state index is 11.6. The normalized spacial score (nSPS) is 10.5. The molecular formula is C10H11N3O2. The molecule has 2 aromatic heterocycles. The molecule has 0 saturated heterocycles. The molecule has 0 radical (unpaired) electrons. The minimum atomic E-state index is -0.396. The average molecular weight is 205 g/mol. The molecule has 2 rings (SSSR count). The van der Waals surface area contributed by atoms with Gasteiger partial charge in [-0.2, -0.15) is 0 Å². The highest BCUT2D eigenvalue weighted by Gasteiger charge is 2.12. The van der Waals surface area contributed by atoms with Gasteiger partial charge in [0.15, 0.2) is 0 Å². The summed E-state index contributed by atoms with van der Waals surface area (Å²) in [4.78, 5) is 15.6. The number of rotatable bonds is 2. The smallest absolute Gasteiger partial charge is 0.355 e. The second kappa shape index (κ2) is 3.61. The van der Waals surface area contributed by atoms with E-state index in [0.29, 0.717) is 23.8 Å². The number of carbonyl (C=O) groups excluding carboxylic acids is 1. The van der Waals surface area contributed by atoms with E-state index in [9.17, 15) is 4.79 Å². The summed E-state index contributed by atoms with van der Waals surface area (Å²) in [5.74, 6) is 0.0291. The van der Waals surface area contributed by atoms with Crippen LogP contribution >= 0.6 is 0 Å². The van der Waals surface area contributed by atoms with Crippen LogP contribution in [-0.2, 0) is 4.74 Å². The zero-order valence-electron chi connectivity index (χ0n) is 8.30. The van der Waals surface area contributed by atoms with Crippen LogP contribution in [0.2, 0.25) is 0 Å². The molecule has 0 bridgehead atoms. The molecule has 0 amide bonds. The van der Waals surface area contributed by atoms with Gasteiger partial charge in [-0.1, -0.05) is 6.07 Å². The molecule has 0 unspecified atom stereocenters. The summed E-state index contributed by atoms with van der Waals surface area (Å²) in [6, 6.07) is 5.18. The van der Waals surface area contributed by atoms with E-state index < -0.39 is 5.97 Å². The number of imidazole rings is 1. The summed E-state index contributed by atoms with van der Waals surface area (Å²) in [6.45, 7) is 2.10. The van der Waals surface area contributed by atoms with Crippen molar-refractivity contribution in [3.8, 4) is 0 Å². The third kappa shape index (κ3) is 1.52. The van der Waals surface area contributed by atoms with Gasteiger partial charge in [0.1, 0.15) is 17.2 Å². The fourth-order valence-corrected chi connectivity index (χ4v) is 1.42. The number of fused-ring (bicyclic) bond motifs is 1. The molecule has 0 saturated carbocycles. The van der Waals surface area contributed by atoms with Gasteiger partial charge in [0.05, 0.1) is 12.8 Å². The maximum absolute atomic E-state index is 11.6. The van der Waals surface area contributed by atoms with E-state index in [1.807, 2.05) is 0 Å². The first kappa shape index (κ1) is 9.51. The van der Waals surface area contributed by atoms with E-state index in [1.165, 1.54) is 6.20 Å². The van der Waals surface area contributed by atoms with Gasteiger partial charge >= 0.3 is 5.97 Å². The van der Waals surface area contributed by atoms with E-state index in [0.717, 1.165) is 0 Å². The van der Waals surface area contributed by atoms with Crippen molar-refractivity contribution in [2.45, 2.75) is 6.92 Å². The average Bonchev–Trinajstić information content (AvgIpc) is 2.61. The van der Waals surface area contributed by atoms with Crippen molar-refractivity contribution < 1.29 is 9.53 Å². The fourth-order valence-electron chi connectivity index (χ4n) is 1.42. The van der Waals surface area contributed by atoms with Crippen LogP contribution in [-0.4, -0.2) is 22.0 Å². The lowest BCUT2D eigenvalue weighted by Crippen LogP contribution is -2.11. The summed E-state index contributed by atoms with van der Waals surface area (Å²) in [5, 5.41) is 0. The standard InChI is InChI=1S/C10H11N3O2/c1-2-15-10(14)7-4-3-5-9-12-6-8(11)13(7)9/h3-6H,2,11H2,1H3. The molecule has 5 nitrogen and oxygen atoms in total. The van der Waals surface area contributed by atoms with Crippen LogP contribution in [0.3, 0.4) is 0 Å². The van der Waals surface area contributed by atoms with Crippen molar-refractivity contribution >= 4 is 17.4 Å². The zero-order chi connectivity index (χ0) is 10.8. The van der Waals surface area contributed by atoms with Crippen molar-refractivity contribution in [2.75, 3.05) is 12.3 Å². The van der Waals surface area contributed by atoms with Gasteiger partial charge in [-0.25, -0.2) is 9.78 Å². The van der Waals surface area contributed by atoms with Crippen LogP contribution in [0.4, 0.5) is 5.82 Å². The minimum absolute atomic E-state index is 0.337. The number of pyridine rings is 1. The predicted molar refractivity (Wildman–Crippen MR) is 55.6 cm³/mol. The number of nitrogens with zero attached hydrogens (tertiary/aromatic N) is 2. The number of aromatic nitrogens is 2. The Morgan fingerprint density at radius 3 is 3.13 bits per heavy atom. The van der Waals surface area contributed by atoms with E-state index in [1.54, 1.807) is 29.5 Å². The Morgan fingerprint density at radius 1 is 1.60 bits per heavy atom. The van der Waals surface area contributed by atoms with Crippen LogP contribution in [0.1, 0.15) is 17.4 Å². The second-order valence-electron chi connectivity index (χ2n) is 3.01. The number of hydrogen-bond donors (Lipinski definition) is 1. The Morgan fingerprint density at radius 2 is 2.40 bits per heavy atom. The third-order valence-electron chi connectivity index (χ3n) is 2.04. The fraction of sp³-hybridized carbons (Fsp3) is 0.200. The molecule has 0 aromatic carbocycles. The summed E-state index contributed by atoms with van der Waals surface area (Å²) in [6.07, 6.45) is 1.51. The molecule has 15 heavy (non-hydrogen) atoms. The summed E-state index contributed by atoms with van der Waals surface area (Å²) >= 11 is 0. The first-order valence-electron chi connectivity index (χ1n) is 4.63. The molecule has 0 aliphatic carbocycles. The van der Waals surface area contributed by atoms with E-state index in [-0.39, 0.29) is 0 Å². The lowest BCUT2D eigenvalue weighted by Gasteiger charge is -2.05. The van der Waals surface area contributed by atoms with Gasteiger partial charge in [0.2, 0.25) is 0 Å². The van der Waals surface area contributed by atoms with Gasteiger partial charge in [-0.3, -0.25) is 4.40 Å². The molecule has 2 N–H and O–H groups in total. The number of esters is 1. The summed E-state index contributed by atoms with van der Waals surface area (Å²) in [7, 11) is 0. The largest absolute Gasteiger partial charge is 0.461 e. The van der Waals surface area contributed by atoms with Crippen LogP contribution < -0.4 is 5.73 Å². The summed E-state index contributed by atoms with van der Waals surface area (Å²) in [5.41, 5.74) is 6.73. The molecule has 78 valence electrons. The van der Waals surface area contributed by atoms with Gasteiger partial charge in [-0.15, -0.1) is 0 Å². The predicted octanol–water partition coefficient (Wildman–Crippen LogP) is 1.09. The lowest BCUT2D eigenvalue weighted by molar-refractivity contribution is 0.0518. The lowest BCUT2D eigenvalue weighted by atomic mass is 10.3. The zero-order valence-corrected chi connectivity index (χ0v) is 8.30. The monoisotopic (exact) mass is 205 g/mol. The molecular weight excluding hydrogens is 194 g/mol. The first-order valence-corrected chi connectivity index (χ1v) is 4.63. The van der Waals surface area contributed by atoms with Crippen LogP contribution in [0.15, 0.2) is 24.4 Å². The highest BCUT2D eigenvalue weighted by Crippen LogP contribution is 2.12. The van der Waals surface area contributed by atoms with Crippen molar-refractivity contribution in [1.82, 2.24) is 9.38 Å². The molecule has 0 aliphatic rings. The van der Waals surface area contributed by atoms with Gasteiger partial charge in [0, 0.05) is 0 Å². The van der Waals surface area contributed by atoms with Gasteiger partial charge in [-0.05, 0) is 19.1 Å². The van der Waals surface area contributed by atoms with Crippen LogP contribution in [0.5, 0.6) is 0 Å². The Hall–Kier alpha value is -2.04.